The summed E-state index contributed by atoms with van der Waals surface area (Å²) in [5.41, 5.74) is 8.22. The molecule has 1 heterocycles. The van der Waals surface area contributed by atoms with Crippen LogP contribution in [0.1, 0.15) is 31.7 Å². The fourth-order valence-corrected chi connectivity index (χ4v) is 1.41. The van der Waals surface area contributed by atoms with Gasteiger partial charge in [-0.15, -0.1) is 0 Å². The lowest BCUT2D eigenvalue weighted by Crippen LogP contribution is -2.25. The van der Waals surface area contributed by atoms with Crippen molar-refractivity contribution in [2.45, 2.75) is 40.7 Å². The smallest absolute Gasteiger partial charge is 0.0596 e. The molecule has 1 aromatic heterocycles. The summed E-state index contributed by atoms with van der Waals surface area (Å²) in [5, 5.41) is 4.42. The first-order chi connectivity index (χ1) is 6.44. The van der Waals surface area contributed by atoms with Gasteiger partial charge in [0.25, 0.3) is 0 Å². The molecule has 0 spiro atoms. The van der Waals surface area contributed by atoms with Crippen molar-refractivity contribution < 1.29 is 0 Å². The van der Waals surface area contributed by atoms with E-state index in [4.69, 9.17) is 5.73 Å². The van der Waals surface area contributed by atoms with Gasteiger partial charge in [-0.1, -0.05) is 13.8 Å². The third kappa shape index (κ3) is 2.84. The van der Waals surface area contributed by atoms with Crippen LogP contribution in [0, 0.1) is 19.3 Å². The quantitative estimate of drug-likeness (QED) is 0.797. The van der Waals surface area contributed by atoms with Crippen molar-refractivity contribution in [3.63, 3.8) is 0 Å². The molecule has 2 N–H and O–H groups in total. The Hall–Kier alpha value is -0.830. The molecule has 0 saturated carbocycles. The Bertz CT molecular complexity index is 299. The molecule has 80 valence electrons. The lowest BCUT2D eigenvalue weighted by molar-refractivity contribution is 0.315. The van der Waals surface area contributed by atoms with Gasteiger partial charge in [-0.3, -0.25) is 4.68 Å². The number of aromatic nitrogens is 2. The Morgan fingerprint density at radius 2 is 2.07 bits per heavy atom. The van der Waals surface area contributed by atoms with E-state index in [0.29, 0.717) is 0 Å². The molecule has 0 aliphatic carbocycles. The molecular weight excluding hydrogens is 174 g/mol. The summed E-state index contributed by atoms with van der Waals surface area (Å²) in [6.07, 6.45) is 1.07. The minimum atomic E-state index is 0.215. The average Bonchev–Trinajstić information content (AvgIpc) is 2.42. The van der Waals surface area contributed by atoms with Crippen LogP contribution in [0.25, 0.3) is 0 Å². The van der Waals surface area contributed by atoms with Crippen molar-refractivity contribution in [2.24, 2.45) is 11.1 Å². The normalized spacial score (nSPS) is 12.1. The molecule has 0 atom stereocenters. The molecule has 0 amide bonds. The average molecular weight is 195 g/mol. The molecule has 3 heteroatoms. The summed E-state index contributed by atoms with van der Waals surface area (Å²) in [6.45, 7) is 10.2. The van der Waals surface area contributed by atoms with Gasteiger partial charge in [-0.05, 0) is 38.3 Å². The SMILES string of the molecule is Cc1cc(C)n(CCC(C)(C)CN)n1. The second-order valence-corrected chi connectivity index (χ2v) is 4.77. The van der Waals surface area contributed by atoms with E-state index in [9.17, 15) is 0 Å². The van der Waals surface area contributed by atoms with Gasteiger partial charge >= 0.3 is 0 Å². The molecule has 0 aromatic carbocycles. The van der Waals surface area contributed by atoms with Crippen LogP contribution in [0.4, 0.5) is 0 Å². The van der Waals surface area contributed by atoms with Crippen molar-refractivity contribution in [2.75, 3.05) is 6.54 Å². The van der Waals surface area contributed by atoms with Crippen molar-refractivity contribution in [3.8, 4) is 0 Å². The molecule has 0 aliphatic heterocycles. The predicted molar refractivity (Wildman–Crippen MR) is 59.2 cm³/mol. The highest BCUT2D eigenvalue weighted by molar-refractivity contribution is 5.06. The second-order valence-electron chi connectivity index (χ2n) is 4.77. The van der Waals surface area contributed by atoms with Crippen molar-refractivity contribution in [1.82, 2.24) is 9.78 Å². The van der Waals surface area contributed by atoms with Gasteiger partial charge in [0, 0.05) is 12.2 Å². The van der Waals surface area contributed by atoms with E-state index in [1.54, 1.807) is 0 Å². The molecule has 3 nitrogen and oxygen atoms in total. The second kappa shape index (κ2) is 4.13. The minimum Gasteiger partial charge on any atom is -0.330 e. The van der Waals surface area contributed by atoms with E-state index in [1.807, 2.05) is 6.92 Å². The van der Waals surface area contributed by atoms with Crippen LogP contribution in [0.3, 0.4) is 0 Å². The maximum absolute atomic E-state index is 5.68. The minimum absolute atomic E-state index is 0.215. The van der Waals surface area contributed by atoms with Crippen LogP contribution in [0.15, 0.2) is 6.07 Å². The van der Waals surface area contributed by atoms with Gasteiger partial charge in [0.2, 0.25) is 0 Å². The summed E-state index contributed by atoms with van der Waals surface area (Å²) in [7, 11) is 0. The fraction of sp³-hybridized carbons (Fsp3) is 0.727. The summed E-state index contributed by atoms with van der Waals surface area (Å²) in [5.74, 6) is 0. The van der Waals surface area contributed by atoms with Crippen molar-refractivity contribution >= 4 is 0 Å². The zero-order valence-corrected chi connectivity index (χ0v) is 9.67. The van der Waals surface area contributed by atoms with Gasteiger partial charge in [0.05, 0.1) is 5.69 Å². The fourth-order valence-electron chi connectivity index (χ4n) is 1.41. The van der Waals surface area contributed by atoms with Crippen LogP contribution < -0.4 is 5.73 Å². The first kappa shape index (κ1) is 11.2. The molecule has 1 rings (SSSR count). The highest BCUT2D eigenvalue weighted by Crippen LogP contribution is 2.19. The van der Waals surface area contributed by atoms with Gasteiger partial charge in [0.1, 0.15) is 0 Å². The molecule has 1 aromatic rings. The molecule has 0 saturated heterocycles. The lowest BCUT2D eigenvalue weighted by Gasteiger charge is -2.22. The topological polar surface area (TPSA) is 43.8 Å². The molecule has 0 unspecified atom stereocenters. The van der Waals surface area contributed by atoms with E-state index in [2.05, 4.69) is 36.6 Å². The van der Waals surface area contributed by atoms with Gasteiger partial charge in [-0.2, -0.15) is 5.10 Å². The Balaban J connectivity index is 2.58. The number of aryl methyl sites for hydroxylation is 3. The van der Waals surface area contributed by atoms with Crippen LogP contribution in [-0.2, 0) is 6.54 Å². The van der Waals surface area contributed by atoms with E-state index in [0.717, 1.165) is 25.2 Å². The Labute approximate surface area is 86.3 Å². The molecule has 0 bridgehead atoms. The number of hydrogen-bond donors (Lipinski definition) is 1. The largest absolute Gasteiger partial charge is 0.330 e. The van der Waals surface area contributed by atoms with Crippen molar-refractivity contribution in [3.05, 3.63) is 17.5 Å². The number of rotatable bonds is 4. The van der Waals surface area contributed by atoms with Crippen LogP contribution >= 0.6 is 0 Å². The summed E-state index contributed by atoms with van der Waals surface area (Å²) < 4.78 is 2.06. The van der Waals surface area contributed by atoms with Gasteiger partial charge in [-0.25, -0.2) is 0 Å². The van der Waals surface area contributed by atoms with E-state index >= 15 is 0 Å². The molecule has 0 radical (unpaired) electrons. The maximum atomic E-state index is 5.68. The number of nitrogens with two attached hydrogens (primary N) is 1. The first-order valence-corrected chi connectivity index (χ1v) is 5.16. The van der Waals surface area contributed by atoms with E-state index < -0.39 is 0 Å². The maximum Gasteiger partial charge on any atom is 0.0596 e. The molecule has 0 aliphatic rings. The summed E-state index contributed by atoms with van der Waals surface area (Å²) >= 11 is 0. The zero-order valence-electron chi connectivity index (χ0n) is 9.67. The zero-order chi connectivity index (χ0) is 10.8. The van der Waals surface area contributed by atoms with Crippen LogP contribution in [0.2, 0.25) is 0 Å². The highest BCUT2D eigenvalue weighted by Gasteiger charge is 2.15. The predicted octanol–water partition coefficient (Wildman–Crippen LogP) is 1.87. The standard InChI is InChI=1S/C11H21N3/c1-9-7-10(2)14(13-9)6-5-11(3,4)8-12/h7H,5-6,8,12H2,1-4H3. The van der Waals surface area contributed by atoms with E-state index in [-0.39, 0.29) is 5.41 Å². The first-order valence-electron chi connectivity index (χ1n) is 5.16. The molecule has 0 fully saturated rings. The number of nitrogens with zero attached hydrogens (tertiary/aromatic N) is 2. The van der Waals surface area contributed by atoms with Crippen molar-refractivity contribution in [1.29, 1.82) is 0 Å². The highest BCUT2D eigenvalue weighted by atomic mass is 15.3. The Kier molecular flexibility index (Phi) is 3.32. The van der Waals surface area contributed by atoms with Crippen LogP contribution in [0.5, 0.6) is 0 Å². The lowest BCUT2D eigenvalue weighted by atomic mass is 9.90. The van der Waals surface area contributed by atoms with E-state index in [1.165, 1.54) is 5.69 Å². The summed E-state index contributed by atoms with van der Waals surface area (Å²) in [4.78, 5) is 0. The van der Waals surface area contributed by atoms with Gasteiger partial charge < -0.3 is 5.73 Å². The number of hydrogen-bond acceptors (Lipinski definition) is 2. The monoisotopic (exact) mass is 195 g/mol. The Morgan fingerprint density at radius 3 is 2.50 bits per heavy atom. The molecular formula is C11H21N3. The van der Waals surface area contributed by atoms with Gasteiger partial charge in [0.15, 0.2) is 0 Å². The summed E-state index contributed by atoms with van der Waals surface area (Å²) in [6, 6.07) is 2.11. The van der Waals surface area contributed by atoms with Crippen LogP contribution in [-0.4, -0.2) is 16.3 Å². The molecule has 14 heavy (non-hydrogen) atoms. The third-order valence-corrected chi connectivity index (χ3v) is 2.66. The Morgan fingerprint density at radius 1 is 1.43 bits per heavy atom. The third-order valence-electron chi connectivity index (χ3n) is 2.66.